The molecule has 22 heavy (non-hydrogen) atoms. The monoisotopic (exact) mass is 361 g/mol. The highest BCUT2D eigenvalue weighted by molar-refractivity contribution is 8.14. The highest BCUT2D eigenvalue weighted by atomic mass is 35.5. The van der Waals surface area contributed by atoms with E-state index >= 15 is 0 Å². The number of nitrogens with zero attached hydrogens (tertiary/aromatic N) is 1. The summed E-state index contributed by atoms with van der Waals surface area (Å²) in [7, 11) is 0. The predicted octanol–water partition coefficient (Wildman–Crippen LogP) is 2.06. The molecular weight excluding hydrogens is 345 g/mol. The van der Waals surface area contributed by atoms with Crippen molar-refractivity contribution in [2.24, 2.45) is 0 Å². The minimum Gasteiger partial charge on any atom is -0.334 e. The number of piperazine rings is 1. The van der Waals surface area contributed by atoms with Gasteiger partial charge in [-0.15, -0.1) is 12.4 Å². The van der Waals surface area contributed by atoms with Gasteiger partial charge in [-0.2, -0.15) is 0 Å². The molecule has 120 valence electrons. The Morgan fingerprint density at radius 3 is 2.91 bits per heavy atom. The summed E-state index contributed by atoms with van der Waals surface area (Å²) in [5.41, 5.74) is 1.01. The molecule has 0 saturated carbocycles. The zero-order chi connectivity index (χ0) is 14.8. The largest absolute Gasteiger partial charge is 0.334 e. The smallest absolute Gasteiger partial charge is 0.279 e. The molecule has 0 aliphatic carbocycles. The normalized spacial score (nSPS) is 24.6. The van der Waals surface area contributed by atoms with Crippen molar-refractivity contribution in [1.82, 2.24) is 15.5 Å². The van der Waals surface area contributed by atoms with E-state index in [4.69, 9.17) is 11.6 Å². The summed E-state index contributed by atoms with van der Waals surface area (Å²) in [4.78, 5) is 25.8. The minimum absolute atomic E-state index is 0. The van der Waals surface area contributed by atoms with Gasteiger partial charge in [0.15, 0.2) is 0 Å². The number of rotatable bonds is 2. The van der Waals surface area contributed by atoms with Gasteiger partial charge in [0.1, 0.15) is 6.04 Å². The molecule has 2 aliphatic heterocycles. The van der Waals surface area contributed by atoms with Crippen LogP contribution >= 0.6 is 35.8 Å². The van der Waals surface area contributed by atoms with Crippen LogP contribution in [0.1, 0.15) is 11.6 Å². The number of carbonyl (C=O) groups is 2. The standard InChI is InChI=1S/C14H16ClN3O2S.ClH/c15-10-3-1-2-9(6-10)12-7-16-4-5-18(12)13(19)11-8-21-14(20)17-11;/h1-3,6,11-12,16H,4-5,7-8H2,(H,17,20);1H/t11-,12?;/m0./s1. The Bertz CT molecular complexity index is 573. The van der Waals surface area contributed by atoms with Crippen molar-refractivity contribution in [3.05, 3.63) is 34.9 Å². The molecule has 2 aliphatic rings. The summed E-state index contributed by atoms with van der Waals surface area (Å²) < 4.78 is 0. The maximum absolute atomic E-state index is 12.7. The summed E-state index contributed by atoms with van der Waals surface area (Å²) in [6, 6.07) is 7.12. The second-order valence-corrected chi connectivity index (χ2v) is 6.53. The molecule has 1 unspecified atom stereocenters. The Morgan fingerprint density at radius 1 is 1.41 bits per heavy atom. The van der Waals surface area contributed by atoms with E-state index in [0.717, 1.165) is 23.9 Å². The quantitative estimate of drug-likeness (QED) is 0.846. The van der Waals surface area contributed by atoms with Gasteiger partial charge >= 0.3 is 0 Å². The van der Waals surface area contributed by atoms with Crippen LogP contribution in [-0.4, -0.2) is 47.5 Å². The van der Waals surface area contributed by atoms with E-state index in [0.29, 0.717) is 23.9 Å². The van der Waals surface area contributed by atoms with Crippen molar-refractivity contribution in [2.45, 2.75) is 12.1 Å². The first-order valence-corrected chi connectivity index (χ1v) is 8.21. The van der Waals surface area contributed by atoms with Crippen LogP contribution in [0.2, 0.25) is 5.02 Å². The highest BCUT2D eigenvalue weighted by Crippen LogP contribution is 2.26. The Balaban J connectivity index is 0.00000176. The van der Waals surface area contributed by atoms with E-state index < -0.39 is 6.04 Å². The molecule has 5 nitrogen and oxygen atoms in total. The Morgan fingerprint density at radius 2 is 2.23 bits per heavy atom. The number of nitrogens with one attached hydrogen (secondary N) is 2. The SMILES string of the molecule is Cl.O=C1N[C@H](C(=O)N2CCNCC2c2cccc(Cl)c2)CS1. The number of benzene rings is 1. The van der Waals surface area contributed by atoms with Crippen LogP contribution in [0.25, 0.3) is 0 Å². The van der Waals surface area contributed by atoms with Gasteiger partial charge in [-0.1, -0.05) is 35.5 Å². The van der Waals surface area contributed by atoms with Gasteiger partial charge < -0.3 is 15.5 Å². The Hall–Kier alpha value is -0.950. The number of hydrogen-bond acceptors (Lipinski definition) is 4. The average Bonchev–Trinajstić information content (AvgIpc) is 2.93. The van der Waals surface area contributed by atoms with Crippen molar-refractivity contribution < 1.29 is 9.59 Å². The highest BCUT2D eigenvalue weighted by Gasteiger charge is 2.36. The average molecular weight is 362 g/mol. The minimum atomic E-state index is -0.415. The van der Waals surface area contributed by atoms with Crippen molar-refractivity contribution in [2.75, 3.05) is 25.4 Å². The van der Waals surface area contributed by atoms with Gasteiger partial charge in [0, 0.05) is 30.4 Å². The van der Waals surface area contributed by atoms with Gasteiger partial charge in [0.25, 0.3) is 5.24 Å². The van der Waals surface area contributed by atoms with Crippen molar-refractivity contribution in [3.63, 3.8) is 0 Å². The molecule has 2 amide bonds. The first kappa shape index (κ1) is 17.4. The van der Waals surface area contributed by atoms with Crippen molar-refractivity contribution in [3.8, 4) is 0 Å². The second-order valence-electron chi connectivity index (χ2n) is 5.10. The lowest BCUT2D eigenvalue weighted by atomic mass is 10.0. The van der Waals surface area contributed by atoms with Gasteiger partial charge in [0.05, 0.1) is 6.04 Å². The molecule has 2 atom stereocenters. The fourth-order valence-electron chi connectivity index (χ4n) is 2.70. The molecule has 2 fully saturated rings. The lowest BCUT2D eigenvalue weighted by Crippen LogP contribution is -2.54. The Kier molecular flexibility index (Phi) is 5.97. The van der Waals surface area contributed by atoms with Gasteiger partial charge in [-0.05, 0) is 17.7 Å². The number of hydrogen-bond donors (Lipinski definition) is 2. The number of halogens is 2. The number of carbonyl (C=O) groups excluding carboxylic acids is 2. The molecule has 2 heterocycles. The topological polar surface area (TPSA) is 61.4 Å². The molecule has 1 aromatic carbocycles. The third-order valence-corrected chi connectivity index (χ3v) is 4.85. The van der Waals surface area contributed by atoms with E-state index in [2.05, 4.69) is 10.6 Å². The van der Waals surface area contributed by atoms with E-state index in [9.17, 15) is 9.59 Å². The summed E-state index contributed by atoms with van der Waals surface area (Å²) in [5.74, 6) is 0.490. The molecular formula is C14H17Cl2N3O2S. The van der Waals surface area contributed by atoms with Crippen LogP contribution in [0.3, 0.4) is 0 Å². The third kappa shape index (κ3) is 3.68. The van der Waals surface area contributed by atoms with Crippen molar-refractivity contribution >= 4 is 46.9 Å². The first-order valence-electron chi connectivity index (χ1n) is 6.85. The number of amides is 2. The molecule has 0 spiro atoms. The molecule has 0 bridgehead atoms. The van der Waals surface area contributed by atoms with E-state index in [1.807, 2.05) is 29.2 Å². The zero-order valence-corrected chi connectivity index (χ0v) is 14.1. The summed E-state index contributed by atoms with van der Waals surface area (Å²) in [6.07, 6.45) is 0. The number of thioether (sulfide) groups is 1. The third-order valence-electron chi connectivity index (χ3n) is 3.73. The molecule has 8 heteroatoms. The summed E-state index contributed by atoms with van der Waals surface area (Å²) in [5, 5.41) is 6.57. The summed E-state index contributed by atoms with van der Waals surface area (Å²) in [6.45, 7) is 2.09. The molecule has 3 rings (SSSR count). The maximum Gasteiger partial charge on any atom is 0.279 e. The van der Waals surface area contributed by atoms with Crippen LogP contribution in [-0.2, 0) is 4.79 Å². The predicted molar refractivity (Wildman–Crippen MR) is 90.8 cm³/mol. The van der Waals surface area contributed by atoms with Gasteiger partial charge in [-0.25, -0.2) is 0 Å². The van der Waals surface area contributed by atoms with Crippen LogP contribution in [0.4, 0.5) is 4.79 Å². The second kappa shape index (κ2) is 7.55. The van der Waals surface area contributed by atoms with Crippen LogP contribution in [0, 0.1) is 0 Å². The molecule has 0 aromatic heterocycles. The fourth-order valence-corrected chi connectivity index (χ4v) is 3.67. The molecule has 0 radical (unpaired) electrons. The van der Waals surface area contributed by atoms with Crippen LogP contribution in [0.15, 0.2) is 24.3 Å². The maximum atomic E-state index is 12.7. The zero-order valence-electron chi connectivity index (χ0n) is 11.8. The molecule has 2 saturated heterocycles. The molecule has 1 aromatic rings. The lowest BCUT2D eigenvalue weighted by Gasteiger charge is -2.37. The fraction of sp³-hybridized carbons (Fsp3) is 0.429. The summed E-state index contributed by atoms with van der Waals surface area (Å²) >= 11 is 7.22. The lowest BCUT2D eigenvalue weighted by molar-refractivity contribution is -0.135. The van der Waals surface area contributed by atoms with E-state index in [1.165, 1.54) is 0 Å². The van der Waals surface area contributed by atoms with Gasteiger partial charge in [-0.3, -0.25) is 9.59 Å². The Labute approximate surface area is 144 Å². The van der Waals surface area contributed by atoms with Crippen LogP contribution < -0.4 is 10.6 Å². The van der Waals surface area contributed by atoms with E-state index in [1.54, 1.807) is 0 Å². The first-order chi connectivity index (χ1) is 10.1. The van der Waals surface area contributed by atoms with Crippen molar-refractivity contribution in [1.29, 1.82) is 0 Å². The van der Waals surface area contributed by atoms with Crippen LogP contribution in [0.5, 0.6) is 0 Å². The molecule has 2 N–H and O–H groups in total. The van der Waals surface area contributed by atoms with Gasteiger partial charge in [0.2, 0.25) is 5.91 Å². The van der Waals surface area contributed by atoms with E-state index in [-0.39, 0.29) is 29.6 Å².